The number of hydrogen-bond donors (Lipinski definition) is 2. The molecule has 2 rings (SSSR count). The third-order valence-corrected chi connectivity index (χ3v) is 4.27. The van der Waals surface area contributed by atoms with E-state index in [1.165, 1.54) is 0 Å². The number of H-pyrrole nitrogens is 1. The van der Waals surface area contributed by atoms with Crippen LogP contribution in [0, 0.1) is 12.8 Å². The van der Waals surface area contributed by atoms with Gasteiger partial charge in [-0.3, -0.25) is 14.7 Å². The Hall–Kier alpha value is -1.40. The van der Waals surface area contributed by atoms with Crippen LogP contribution in [0.2, 0.25) is 0 Å². The molecular weight excluding hydrogens is 280 g/mol. The minimum Gasteiger partial charge on any atom is -0.395 e. The first-order valence-electron chi connectivity index (χ1n) is 8.19. The molecule has 2 heterocycles. The van der Waals surface area contributed by atoms with Gasteiger partial charge in [-0.15, -0.1) is 0 Å². The summed E-state index contributed by atoms with van der Waals surface area (Å²) in [5.41, 5.74) is 1.66. The molecule has 1 fully saturated rings. The monoisotopic (exact) mass is 308 g/mol. The summed E-state index contributed by atoms with van der Waals surface area (Å²) in [4.78, 5) is 24.2. The van der Waals surface area contributed by atoms with Crippen molar-refractivity contribution in [1.29, 1.82) is 0 Å². The molecule has 0 amide bonds. The van der Waals surface area contributed by atoms with Crippen LogP contribution >= 0.6 is 0 Å². The molecule has 0 spiro atoms. The van der Waals surface area contributed by atoms with Gasteiger partial charge < -0.3 is 10.0 Å². The second kappa shape index (κ2) is 7.74. The van der Waals surface area contributed by atoms with E-state index in [1.54, 1.807) is 0 Å². The average Bonchev–Trinajstić information content (AvgIpc) is 2.47. The lowest BCUT2D eigenvalue weighted by Gasteiger charge is -2.34. The van der Waals surface area contributed by atoms with Gasteiger partial charge in [-0.05, 0) is 25.7 Å². The molecule has 124 valence electrons. The third kappa shape index (κ3) is 4.30. The molecule has 1 aromatic rings. The fraction of sp³-hybridized carbons (Fsp3) is 0.750. The molecule has 0 saturated carbocycles. The Morgan fingerprint density at radius 3 is 2.50 bits per heavy atom. The molecule has 1 aromatic heterocycles. The van der Waals surface area contributed by atoms with Crippen molar-refractivity contribution in [2.45, 2.75) is 33.6 Å². The SMILES string of the molecule is Cc1nc(N2CCN(CCO)CC2)[nH]c(=O)c1CCC(C)C. The maximum absolute atomic E-state index is 12.3. The first kappa shape index (κ1) is 17.0. The summed E-state index contributed by atoms with van der Waals surface area (Å²) < 4.78 is 0. The van der Waals surface area contributed by atoms with Gasteiger partial charge in [-0.25, -0.2) is 4.98 Å². The van der Waals surface area contributed by atoms with Crippen molar-refractivity contribution in [2.75, 3.05) is 44.2 Å². The summed E-state index contributed by atoms with van der Waals surface area (Å²) in [5, 5.41) is 8.98. The molecule has 0 radical (unpaired) electrons. The fourth-order valence-electron chi connectivity index (χ4n) is 2.80. The van der Waals surface area contributed by atoms with Crippen molar-refractivity contribution in [1.82, 2.24) is 14.9 Å². The van der Waals surface area contributed by atoms with Gasteiger partial charge in [-0.1, -0.05) is 13.8 Å². The number of aromatic nitrogens is 2. The standard InChI is InChI=1S/C16H28N4O2/c1-12(2)4-5-14-13(3)17-16(18-15(14)22)20-8-6-19(7-9-20)10-11-21/h12,21H,4-11H2,1-3H3,(H,17,18,22). The smallest absolute Gasteiger partial charge is 0.255 e. The van der Waals surface area contributed by atoms with Gasteiger partial charge in [0, 0.05) is 44.0 Å². The number of aliphatic hydroxyl groups is 1. The van der Waals surface area contributed by atoms with Gasteiger partial charge in [0.1, 0.15) is 0 Å². The van der Waals surface area contributed by atoms with Crippen molar-refractivity contribution < 1.29 is 5.11 Å². The molecule has 1 saturated heterocycles. The summed E-state index contributed by atoms with van der Waals surface area (Å²) in [6, 6.07) is 0. The van der Waals surface area contributed by atoms with E-state index in [2.05, 4.69) is 33.6 Å². The van der Waals surface area contributed by atoms with Crippen molar-refractivity contribution in [3.8, 4) is 0 Å². The molecule has 2 N–H and O–H groups in total. The molecule has 0 aliphatic carbocycles. The molecule has 0 bridgehead atoms. The number of β-amino-alcohol motifs (C(OH)–C–C–N with tert-alkyl or cyclic N) is 1. The maximum atomic E-state index is 12.3. The van der Waals surface area contributed by atoms with E-state index in [9.17, 15) is 4.79 Å². The zero-order valence-electron chi connectivity index (χ0n) is 13.9. The first-order valence-corrected chi connectivity index (χ1v) is 8.19. The molecule has 1 aliphatic heterocycles. The van der Waals surface area contributed by atoms with E-state index < -0.39 is 0 Å². The summed E-state index contributed by atoms with van der Waals surface area (Å²) in [6.07, 6.45) is 1.79. The largest absolute Gasteiger partial charge is 0.395 e. The summed E-state index contributed by atoms with van der Waals surface area (Å²) in [6.45, 7) is 10.6. The van der Waals surface area contributed by atoms with Gasteiger partial charge in [-0.2, -0.15) is 0 Å². The van der Waals surface area contributed by atoms with Crippen molar-refractivity contribution in [2.24, 2.45) is 5.92 Å². The molecule has 1 aliphatic rings. The third-order valence-electron chi connectivity index (χ3n) is 4.27. The van der Waals surface area contributed by atoms with Crippen molar-refractivity contribution >= 4 is 5.95 Å². The Balaban J connectivity index is 2.06. The number of aryl methyl sites for hydroxylation is 1. The predicted octanol–water partition coefficient (Wildman–Crippen LogP) is 0.781. The number of aliphatic hydroxyl groups excluding tert-OH is 1. The molecule has 22 heavy (non-hydrogen) atoms. The van der Waals surface area contributed by atoms with Gasteiger partial charge >= 0.3 is 0 Å². The van der Waals surface area contributed by atoms with Crippen LogP contribution < -0.4 is 10.5 Å². The van der Waals surface area contributed by atoms with Crippen LogP contribution in [0.5, 0.6) is 0 Å². The second-order valence-corrected chi connectivity index (χ2v) is 6.44. The lowest BCUT2D eigenvalue weighted by molar-refractivity contribution is 0.188. The average molecular weight is 308 g/mol. The Morgan fingerprint density at radius 1 is 1.27 bits per heavy atom. The Bertz CT molecular complexity index is 533. The molecule has 6 heteroatoms. The van der Waals surface area contributed by atoms with Crippen LogP contribution in [-0.2, 0) is 6.42 Å². The highest BCUT2D eigenvalue weighted by molar-refractivity contribution is 5.33. The molecule has 0 atom stereocenters. The van der Waals surface area contributed by atoms with E-state index in [4.69, 9.17) is 5.11 Å². The lowest BCUT2D eigenvalue weighted by Crippen LogP contribution is -2.48. The van der Waals surface area contributed by atoms with Gasteiger partial charge in [0.25, 0.3) is 5.56 Å². The van der Waals surface area contributed by atoms with E-state index >= 15 is 0 Å². The summed E-state index contributed by atoms with van der Waals surface area (Å²) >= 11 is 0. The molecule has 6 nitrogen and oxygen atoms in total. The van der Waals surface area contributed by atoms with Gasteiger partial charge in [0.15, 0.2) is 0 Å². The normalized spacial score (nSPS) is 16.5. The highest BCUT2D eigenvalue weighted by atomic mass is 16.3. The first-order chi connectivity index (χ1) is 10.5. The van der Waals surface area contributed by atoms with Crippen LogP contribution in [0.25, 0.3) is 0 Å². The zero-order chi connectivity index (χ0) is 16.1. The van der Waals surface area contributed by atoms with Gasteiger partial charge in [0.2, 0.25) is 5.95 Å². The second-order valence-electron chi connectivity index (χ2n) is 6.44. The quantitative estimate of drug-likeness (QED) is 0.812. The summed E-state index contributed by atoms with van der Waals surface area (Å²) in [5.74, 6) is 1.26. The van der Waals surface area contributed by atoms with Crippen LogP contribution in [-0.4, -0.2) is 59.3 Å². The highest BCUT2D eigenvalue weighted by Crippen LogP contribution is 2.13. The number of anilines is 1. The number of piperazine rings is 1. The van der Waals surface area contributed by atoms with Crippen LogP contribution in [0.4, 0.5) is 5.95 Å². The minimum absolute atomic E-state index is 0.000868. The maximum Gasteiger partial charge on any atom is 0.255 e. The number of nitrogens with one attached hydrogen (secondary N) is 1. The van der Waals surface area contributed by atoms with E-state index in [0.29, 0.717) is 18.4 Å². The van der Waals surface area contributed by atoms with E-state index in [-0.39, 0.29) is 12.2 Å². The molecule has 0 unspecified atom stereocenters. The van der Waals surface area contributed by atoms with Crippen molar-refractivity contribution in [3.63, 3.8) is 0 Å². The topological polar surface area (TPSA) is 72.5 Å². The van der Waals surface area contributed by atoms with Crippen LogP contribution in [0.15, 0.2) is 4.79 Å². The van der Waals surface area contributed by atoms with Crippen LogP contribution in [0.1, 0.15) is 31.5 Å². The Labute approximate surface area is 132 Å². The summed E-state index contributed by atoms with van der Waals surface area (Å²) in [7, 11) is 0. The van der Waals surface area contributed by atoms with E-state index in [0.717, 1.165) is 50.3 Å². The number of rotatable bonds is 6. The number of nitrogens with zero attached hydrogens (tertiary/aromatic N) is 3. The molecular formula is C16H28N4O2. The lowest BCUT2D eigenvalue weighted by atomic mass is 10.0. The number of aromatic amines is 1. The van der Waals surface area contributed by atoms with Crippen molar-refractivity contribution in [3.05, 3.63) is 21.6 Å². The highest BCUT2D eigenvalue weighted by Gasteiger charge is 2.19. The number of hydrogen-bond acceptors (Lipinski definition) is 5. The molecule has 0 aromatic carbocycles. The zero-order valence-corrected chi connectivity index (χ0v) is 13.9. The fourth-order valence-corrected chi connectivity index (χ4v) is 2.80. The predicted molar refractivity (Wildman–Crippen MR) is 88.5 cm³/mol. The van der Waals surface area contributed by atoms with Gasteiger partial charge in [0.05, 0.1) is 6.61 Å². The Kier molecular flexibility index (Phi) is 5.97. The van der Waals surface area contributed by atoms with E-state index in [1.807, 2.05) is 6.92 Å². The Morgan fingerprint density at radius 2 is 1.95 bits per heavy atom. The van der Waals surface area contributed by atoms with Crippen LogP contribution in [0.3, 0.4) is 0 Å². The minimum atomic E-state index is 0.000868.